The first-order valence-corrected chi connectivity index (χ1v) is 5.48. The predicted molar refractivity (Wildman–Crippen MR) is 58.8 cm³/mol. The van der Waals surface area contributed by atoms with E-state index in [2.05, 4.69) is 0 Å². The van der Waals surface area contributed by atoms with E-state index in [4.69, 9.17) is 0 Å². The molecule has 1 atom stereocenters. The Morgan fingerprint density at radius 2 is 2.00 bits per heavy atom. The van der Waals surface area contributed by atoms with E-state index in [-0.39, 0.29) is 6.42 Å². The summed E-state index contributed by atoms with van der Waals surface area (Å²) in [6.07, 6.45) is 0.856. The van der Waals surface area contributed by atoms with Gasteiger partial charge in [-0.2, -0.15) is 5.06 Å². The maximum Gasteiger partial charge on any atom is 0.185 e. The summed E-state index contributed by atoms with van der Waals surface area (Å²) in [7, 11) is 0. The highest BCUT2D eigenvalue weighted by atomic mass is 16.5. The van der Waals surface area contributed by atoms with Crippen LogP contribution >= 0.6 is 0 Å². The van der Waals surface area contributed by atoms with Gasteiger partial charge in [-0.3, -0.25) is 0 Å². The summed E-state index contributed by atoms with van der Waals surface area (Å²) in [4.78, 5) is 0. The van der Waals surface area contributed by atoms with Gasteiger partial charge in [0.05, 0.1) is 0 Å². The number of aliphatic hydroxyl groups is 2. The van der Waals surface area contributed by atoms with E-state index >= 15 is 0 Å². The lowest BCUT2D eigenvalue weighted by atomic mass is 9.88. The van der Waals surface area contributed by atoms with Gasteiger partial charge in [0.2, 0.25) is 0 Å². The lowest BCUT2D eigenvalue weighted by molar-refractivity contribution is -0.290. The maximum absolute atomic E-state index is 9.94. The van der Waals surface area contributed by atoms with Gasteiger partial charge in [0.25, 0.3) is 0 Å². The molecular formula is C12H17NO3. The lowest BCUT2D eigenvalue weighted by Crippen LogP contribution is -2.49. The SMILES string of the molecule is Cc1ccccc1[C@H]1N(O)CCCC1(O)O. The summed E-state index contributed by atoms with van der Waals surface area (Å²) in [5.41, 5.74) is 1.70. The van der Waals surface area contributed by atoms with Crippen LogP contribution in [0.4, 0.5) is 0 Å². The van der Waals surface area contributed by atoms with Crippen LogP contribution in [-0.2, 0) is 0 Å². The molecule has 4 nitrogen and oxygen atoms in total. The van der Waals surface area contributed by atoms with Crippen molar-refractivity contribution >= 4 is 0 Å². The lowest BCUT2D eigenvalue weighted by Gasteiger charge is -2.41. The Balaban J connectivity index is 2.40. The highest BCUT2D eigenvalue weighted by Gasteiger charge is 2.43. The first kappa shape index (κ1) is 11.5. The van der Waals surface area contributed by atoms with Gasteiger partial charge in [0.1, 0.15) is 6.04 Å². The molecule has 1 heterocycles. The zero-order chi connectivity index (χ0) is 11.8. The Labute approximate surface area is 94.7 Å². The predicted octanol–water partition coefficient (Wildman–Crippen LogP) is 1.20. The van der Waals surface area contributed by atoms with Crippen LogP contribution in [0.1, 0.15) is 30.0 Å². The molecule has 88 valence electrons. The third-order valence-corrected chi connectivity index (χ3v) is 3.15. The van der Waals surface area contributed by atoms with Gasteiger partial charge in [0, 0.05) is 13.0 Å². The summed E-state index contributed by atoms with van der Waals surface area (Å²) in [6.45, 7) is 2.36. The van der Waals surface area contributed by atoms with Crippen LogP contribution in [0.2, 0.25) is 0 Å². The van der Waals surface area contributed by atoms with Crippen molar-refractivity contribution < 1.29 is 15.4 Å². The molecule has 16 heavy (non-hydrogen) atoms. The molecule has 0 amide bonds. The molecule has 1 aromatic rings. The molecule has 4 heteroatoms. The Bertz CT molecular complexity index is 378. The van der Waals surface area contributed by atoms with Crippen molar-refractivity contribution in [3.63, 3.8) is 0 Å². The molecular weight excluding hydrogens is 206 g/mol. The van der Waals surface area contributed by atoms with Gasteiger partial charge in [0.15, 0.2) is 5.79 Å². The van der Waals surface area contributed by atoms with Crippen molar-refractivity contribution in [1.82, 2.24) is 5.06 Å². The smallest absolute Gasteiger partial charge is 0.185 e. The molecule has 0 bridgehead atoms. The van der Waals surface area contributed by atoms with Crippen molar-refractivity contribution in [1.29, 1.82) is 0 Å². The average molecular weight is 223 g/mol. The first-order valence-electron chi connectivity index (χ1n) is 5.48. The van der Waals surface area contributed by atoms with Crippen molar-refractivity contribution in [3.05, 3.63) is 35.4 Å². The molecule has 0 saturated carbocycles. The zero-order valence-electron chi connectivity index (χ0n) is 9.30. The maximum atomic E-state index is 9.94. The van der Waals surface area contributed by atoms with Crippen molar-refractivity contribution in [3.8, 4) is 0 Å². The molecule has 0 aromatic heterocycles. The summed E-state index contributed by atoms with van der Waals surface area (Å²) in [5.74, 6) is -1.86. The summed E-state index contributed by atoms with van der Waals surface area (Å²) in [5, 5.41) is 30.7. The number of nitrogens with zero attached hydrogens (tertiary/aromatic N) is 1. The van der Waals surface area contributed by atoms with Crippen LogP contribution < -0.4 is 0 Å². The molecule has 1 aliphatic rings. The molecule has 0 radical (unpaired) electrons. The summed E-state index contributed by atoms with van der Waals surface area (Å²) in [6, 6.07) is 6.67. The monoisotopic (exact) mass is 223 g/mol. The Hall–Kier alpha value is -0.940. The van der Waals surface area contributed by atoms with E-state index in [1.165, 1.54) is 0 Å². The molecule has 1 saturated heterocycles. The van der Waals surface area contributed by atoms with Gasteiger partial charge in [-0.25, -0.2) is 0 Å². The van der Waals surface area contributed by atoms with E-state index in [0.717, 1.165) is 16.2 Å². The molecule has 1 aliphatic heterocycles. The van der Waals surface area contributed by atoms with Crippen LogP contribution in [-0.4, -0.2) is 32.8 Å². The third kappa shape index (κ3) is 1.97. The zero-order valence-corrected chi connectivity index (χ0v) is 9.30. The average Bonchev–Trinajstić information content (AvgIpc) is 2.19. The number of aryl methyl sites for hydroxylation is 1. The second-order valence-corrected chi connectivity index (χ2v) is 4.40. The minimum absolute atomic E-state index is 0.281. The topological polar surface area (TPSA) is 63.9 Å². The molecule has 1 aromatic carbocycles. The molecule has 0 spiro atoms. The number of hydrogen-bond acceptors (Lipinski definition) is 4. The van der Waals surface area contributed by atoms with E-state index in [1.807, 2.05) is 31.2 Å². The highest BCUT2D eigenvalue weighted by Crippen LogP contribution is 2.37. The fourth-order valence-corrected chi connectivity index (χ4v) is 2.31. The van der Waals surface area contributed by atoms with Crippen molar-refractivity contribution in [2.75, 3.05) is 6.54 Å². The van der Waals surface area contributed by atoms with Crippen LogP contribution in [0.25, 0.3) is 0 Å². The first-order chi connectivity index (χ1) is 7.52. The van der Waals surface area contributed by atoms with Crippen LogP contribution in [0.5, 0.6) is 0 Å². The number of rotatable bonds is 1. The quantitative estimate of drug-likeness (QED) is 0.626. The fraction of sp³-hybridized carbons (Fsp3) is 0.500. The van der Waals surface area contributed by atoms with Gasteiger partial charge in [-0.15, -0.1) is 0 Å². The number of hydroxylamine groups is 2. The minimum atomic E-state index is -1.86. The molecule has 0 unspecified atom stereocenters. The summed E-state index contributed by atoms with van der Waals surface area (Å²) < 4.78 is 0. The van der Waals surface area contributed by atoms with E-state index in [0.29, 0.717) is 13.0 Å². The molecule has 1 fully saturated rings. The Morgan fingerprint density at radius 3 is 2.62 bits per heavy atom. The van der Waals surface area contributed by atoms with Gasteiger partial charge >= 0.3 is 0 Å². The number of benzene rings is 1. The largest absolute Gasteiger partial charge is 0.364 e. The van der Waals surface area contributed by atoms with Crippen LogP contribution in [0.15, 0.2) is 24.3 Å². The minimum Gasteiger partial charge on any atom is -0.364 e. The Morgan fingerprint density at radius 1 is 1.31 bits per heavy atom. The molecule has 0 aliphatic carbocycles. The third-order valence-electron chi connectivity index (χ3n) is 3.15. The molecule has 2 rings (SSSR count). The van der Waals surface area contributed by atoms with E-state index in [1.54, 1.807) is 0 Å². The second kappa shape index (κ2) is 4.14. The fourth-order valence-electron chi connectivity index (χ4n) is 2.31. The van der Waals surface area contributed by atoms with E-state index in [9.17, 15) is 15.4 Å². The standard InChI is InChI=1S/C12H17NO3/c1-9-5-2-3-6-10(9)11-12(14,15)7-4-8-13(11)16/h2-3,5-6,11,14-16H,4,7-8H2,1H3/t11-/m1/s1. The highest BCUT2D eigenvalue weighted by molar-refractivity contribution is 5.30. The Kier molecular flexibility index (Phi) is 2.99. The summed E-state index contributed by atoms with van der Waals surface area (Å²) >= 11 is 0. The van der Waals surface area contributed by atoms with E-state index < -0.39 is 11.8 Å². The van der Waals surface area contributed by atoms with Crippen LogP contribution in [0, 0.1) is 6.92 Å². The van der Waals surface area contributed by atoms with Crippen LogP contribution in [0.3, 0.4) is 0 Å². The van der Waals surface area contributed by atoms with Gasteiger partial charge in [-0.05, 0) is 24.5 Å². The van der Waals surface area contributed by atoms with Crippen molar-refractivity contribution in [2.45, 2.75) is 31.6 Å². The van der Waals surface area contributed by atoms with Crippen molar-refractivity contribution in [2.24, 2.45) is 0 Å². The number of hydrogen-bond donors (Lipinski definition) is 3. The normalized spacial score (nSPS) is 25.6. The van der Waals surface area contributed by atoms with Gasteiger partial charge in [-0.1, -0.05) is 24.3 Å². The number of piperidine rings is 1. The second-order valence-electron chi connectivity index (χ2n) is 4.40. The van der Waals surface area contributed by atoms with Gasteiger partial charge < -0.3 is 15.4 Å². The molecule has 3 N–H and O–H groups in total.